The maximum absolute atomic E-state index is 5.59. The van der Waals surface area contributed by atoms with Gasteiger partial charge in [-0.1, -0.05) is 37.1 Å². The molecule has 0 aliphatic carbocycles. The molecule has 0 heterocycles. The van der Waals surface area contributed by atoms with Gasteiger partial charge in [0.2, 0.25) is 0 Å². The van der Waals surface area contributed by atoms with Crippen LogP contribution < -0.4 is 22.1 Å². The zero-order chi connectivity index (χ0) is 15.9. The summed E-state index contributed by atoms with van der Waals surface area (Å²) in [5.41, 5.74) is 13.6. The topological polar surface area (TPSA) is 76.1 Å². The first-order valence-electron chi connectivity index (χ1n) is 8.76. The molecule has 1 rings (SSSR count). The number of nitrogens with two attached hydrogens (primary N) is 2. The molecule has 0 unspecified atom stereocenters. The fourth-order valence-corrected chi connectivity index (χ4v) is 2.40. The van der Waals surface area contributed by atoms with Crippen LogP contribution in [-0.2, 0) is 13.1 Å². The molecule has 0 amide bonds. The smallest absolute Gasteiger partial charge is 0.0205 e. The predicted octanol–water partition coefficient (Wildman–Crippen LogP) is 2.12. The van der Waals surface area contributed by atoms with Crippen LogP contribution in [0.4, 0.5) is 0 Å². The first kappa shape index (κ1) is 19.1. The van der Waals surface area contributed by atoms with Crippen molar-refractivity contribution in [3.8, 4) is 0 Å². The molecule has 0 aliphatic rings. The minimum Gasteiger partial charge on any atom is -0.330 e. The van der Waals surface area contributed by atoms with Gasteiger partial charge in [0.05, 0.1) is 0 Å². The van der Waals surface area contributed by atoms with Gasteiger partial charge in [-0.15, -0.1) is 0 Å². The Morgan fingerprint density at radius 2 is 1.18 bits per heavy atom. The van der Waals surface area contributed by atoms with Crippen LogP contribution in [0, 0.1) is 0 Å². The lowest BCUT2D eigenvalue weighted by molar-refractivity contribution is 0.555. The van der Waals surface area contributed by atoms with E-state index < -0.39 is 0 Å². The van der Waals surface area contributed by atoms with Crippen molar-refractivity contribution in [1.82, 2.24) is 10.6 Å². The molecule has 0 bridgehead atoms. The Hall–Kier alpha value is -0.940. The van der Waals surface area contributed by atoms with Gasteiger partial charge < -0.3 is 22.1 Å². The van der Waals surface area contributed by atoms with Crippen molar-refractivity contribution in [1.29, 1.82) is 0 Å². The first-order chi connectivity index (χ1) is 10.9. The summed E-state index contributed by atoms with van der Waals surface area (Å²) < 4.78 is 0. The average Bonchev–Trinajstić information content (AvgIpc) is 2.56. The van der Waals surface area contributed by atoms with Crippen LogP contribution in [0.5, 0.6) is 0 Å². The van der Waals surface area contributed by atoms with Crippen molar-refractivity contribution >= 4 is 0 Å². The lowest BCUT2D eigenvalue weighted by Gasteiger charge is -2.07. The highest BCUT2D eigenvalue weighted by molar-refractivity contribution is 5.22. The van der Waals surface area contributed by atoms with E-state index in [1.54, 1.807) is 0 Å². The Morgan fingerprint density at radius 1 is 0.636 bits per heavy atom. The molecule has 0 saturated heterocycles. The predicted molar refractivity (Wildman–Crippen MR) is 95.7 cm³/mol. The van der Waals surface area contributed by atoms with Crippen molar-refractivity contribution in [2.45, 2.75) is 51.6 Å². The summed E-state index contributed by atoms with van der Waals surface area (Å²) in [7, 11) is 0. The summed E-state index contributed by atoms with van der Waals surface area (Å²) >= 11 is 0. The lowest BCUT2D eigenvalue weighted by Crippen LogP contribution is -2.19. The van der Waals surface area contributed by atoms with Gasteiger partial charge >= 0.3 is 0 Å². The third-order valence-electron chi connectivity index (χ3n) is 3.85. The largest absolute Gasteiger partial charge is 0.330 e. The van der Waals surface area contributed by atoms with E-state index in [1.165, 1.54) is 49.7 Å². The standard InChI is InChI=1S/C18H34N4/c19-11-3-1-2-4-12-21-13-5-6-14-22-16-18-9-7-17(15-20)8-10-18/h7-10,21-22H,1-6,11-16,19-20H2. The summed E-state index contributed by atoms with van der Waals surface area (Å²) in [5, 5.41) is 7.01. The molecule has 126 valence electrons. The van der Waals surface area contributed by atoms with Crippen molar-refractivity contribution in [2.24, 2.45) is 11.5 Å². The van der Waals surface area contributed by atoms with Crippen LogP contribution in [0.2, 0.25) is 0 Å². The normalized spacial score (nSPS) is 11.0. The number of rotatable bonds is 14. The van der Waals surface area contributed by atoms with E-state index in [-0.39, 0.29) is 0 Å². The average molecular weight is 306 g/mol. The van der Waals surface area contributed by atoms with Crippen LogP contribution in [-0.4, -0.2) is 26.2 Å². The molecule has 0 atom stereocenters. The number of unbranched alkanes of at least 4 members (excludes halogenated alkanes) is 4. The van der Waals surface area contributed by atoms with E-state index in [1.807, 2.05) is 0 Å². The fourth-order valence-electron chi connectivity index (χ4n) is 2.40. The molecule has 4 heteroatoms. The van der Waals surface area contributed by atoms with Gasteiger partial charge in [0.15, 0.2) is 0 Å². The molecule has 0 radical (unpaired) electrons. The van der Waals surface area contributed by atoms with E-state index in [4.69, 9.17) is 11.5 Å². The van der Waals surface area contributed by atoms with E-state index in [0.29, 0.717) is 6.54 Å². The lowest BCUT2D eigenvalue weighted by atomic mass is 10.1. The maximum Gasteiger partial charge on any atom is 0.0205 e. The van der Waals surface area contributed by atoms with E-state index in [2.05, 4.69) is 34.9 Å². The zero-order valence-electron chi connectivity index (χ0n) is 13.9. The summed E-state index contributed by atoms with van der Waals surface area (Å²) in [6.45, 7) is 5.75. The Balaban J connectivity index is 1.85. The van der Waals surface area contributed by atoms with Gasteiger partial charge in [-0.25, -0.2) is 0 Å². The van der Waals surface area contributed by atoms with Gasteiger partial charge in [0.25, 0.3) is 0 Å². The van der Waals surface area contributed by atoms with Crippen molar-refractivity contribution in [3.63, 3.8) is 0 Å². The number of hydrogen-bond donors (Lipinski definition) is 4. The van der Waals surface area contributed by atoms with Crippen molar-refractivity contribution in [2.75, 3.05) is 26.2 Å². The van der Waals surface area contributed by atoms with Gasteiger partial charge in [-0.05, 0) is 63.0 Å². The fraction of sp³-hybridized carbons (Fsp3) is 0.667. The summed E-state index contributed by atoms with van der Waals surface area (Å²) in [6.07, 6.45) is 7.48. The van der Waals surface area contributed by atoms with Gasteiger partial charge in [-0.3, -0.25) is 0 Å². The molecule has 22 heavy (non-hydrogen) atoms. The highest BCUT2D eigenvalue weighted by Crippen LogP contribution is 2.03. The second-order valence-corrected chi connectivity index (χ2v) is 5.86. The molecule has 1 aromatic rings. The van der Waals surface area contributed by atoms with Crippen LogP contribution in [0.3, 0.4) is 0 Å². The monoisotopic (exact) mass is 306 g/mol. The number of benzene rings is 1. The third-order valence-corrected chi connectivity index (χ3v) is 3.85. The van der Waals surface area contributed by atoms with Crippen molar-refractivity contribution < 1.29 is 0 Å². The molecule has 0 spiro atoms. The minimum absolute atomic E-state index is 0.619. The Bertz CT molecular complexity index is 351. The Labute approximate surface area is 136 Å². The Morgan fingerprint density at radius 3 is 1.82 bits per heavy atom. The summed E-state index contributed by atoms with van der Waals surface area (Å²) in [5.74, 6) is 0. The number of hydrogen-bond acceptors (Lipinski definition) is 4. The molecule has 0 aliphatic heterocycles. The molecule has 0 fully saturated rings. The second-order valence-electron chi connectivity index (χ2n) is 5.86. The SMILES string of the molecule is NCCCCCCNCCCCNCc1ccc(CN)cc1. The summed E-state index contributed by atoms with van der Waals surface area (Å²) in [4.78, 5) is 0. The van der Waals surface area contributed by atoms with Crippen LogP contribution in [0.15, 0.2) is 24.3 Å². The zero-order valence-corrected chi connectivity index (χ0v) is 13.9. The third kappa shape index (κ3) is 9.90. The highest BCUT2D eigenvalue weighted by Gasteiger charge is 1.94. The van der Waals surface area contributed by atoms with Gasteiger partial charge in [0, 0.05) is 13.1 Å². The molecular weight excluding hydrogens is 272 g/mol. The quantitative estimate of drug-likeness (QED) is 0.397. The molecule has 4 nitrogen and oxygen atoms in total. The number of nitrogens with one attached hydrogen (secondary N) is 2. The van der Waals surface area contributed by atoms with Gasteiger partial charge in [-0.2, -0.15) is 0 Å². The van der Waals surface area contributed by atoms with Gasteiger partial charge in [0.1, 0.15) is 0 Å². The Kier molecular flexibility index (Phi) is 11.9. The second kappa shape index (κ2) is 13.7. The van der Waals surface area contributed by atoms with E-state index in [0.717, 1.165) is 32.7 Å². The summed E-state index contributed by atoms with van der Waals surface area (Å²) in [6, 6.07) is 8.52. The van der Waals surface area contributed by atoms with Crippen LogP contribution in [0.25, 0.3) is 0 Å². The molecule has 0 aromatic heterocycles. The van der Waals surface area contributed by atoms with Crippen molar-refractivity contribution in [3.05, 3.63) is 35.4 Å². The molecule has 0 saturated carbocycles. The highest BCUT2D eigenvalue weighted by atomic mass is 14.9. The molecular formula is C18H34N4. The molecule has 1 aromatic carbocycles. The van der Waals surface area contributed by atoms with Crippen LogP contribution >= 0.6 is 0 Å². The van der Waals surface area contributed by atoms with E-state index in [9.17, 15) is 0 Å². The maximum atomic E-state index is 5.59. The van der Waals surface area contributed by atoms with Crippen LogP contribution in [0.1, 0.15) is 49.7 Å². The molecule has 6 N–H and O–H groups in total. The first-order valence-corrected chi connectivity index (χ1v) is 8.76. The van der Waals surface area contributed by atoms with E-state index >= 15 is 0 Å². The minimum atomic E-state index is 0.619.